The molecule has 1 amide bonds. The Hall–Kier alpha value is -2.60. The molecule has 0 aliphatic carbocycles. The molecule has 0 saturated heterocycles. The monoisotopic (exact) mass is 389 g/mol. The second kappa shape index (κ2) is 9.37. The Balaban J connectivity index is 1.99. The maximum atomic E-state index is 11.9. The van der Waals surface area contributed by atoms with Gasteiger partial charge in [0.25, 0.3) is 5.91 Å². The molecule has 2 rings (SSSR count). The van der Waals surface area contributed by atoms with E-state index < -0.39 is 5.97 Å². The van der Waals surface area contributed by atoms with Gasteiger partial charge in [0.2, 0.25) is 0 Å². The van der Waals surface area contributed by atoms with Gasteiger partial charge < -0.3 is 10.1 Å². The van der Waals surface area contributed by atoms with Gasteiger partial charge in [-0.25, -0.2) is 9.48 Å². The quantitative estimate of drug-likeness (QED) is 0.580. The summed E-state index contributed by atoms with van der Waals surface area (Å²) in [4.78, 5) is 23.6. The summed E-state index contributed by atoms with van der Waals surface area (Å²) in [5, 5.41) is 7.57. The van der Waals surface area contributed by atoms with Gasteiger partial charge in [-0.15, -0.1) is 0 Å². The van der Waals surface area contributed by atoms with Crippen molar-refractivity contribution >= 4 is 29.6 Å². The first kappa shape index (κ1) is 20.7. The van der Waals surface area contributed by atoms with Crippen molar-refractivity contribution in [1.82, 2.24) is 15.1 Å². The number of nitrogens with zero attached hydrogens (tertiary/aromatic N) is 2. The van der Waals surface area contributed by atoms with Crippen LogP contribution in [0.4, 0.5) is 0 Å². The van der Waals surface area contributed by atoms with Crippen LogP contribution in [0.25, 0.3) is 11.8 Å². The molecule has 1 aromatic heterocycles. The average Bonchev–Trinajstić information content (AvgIpc) is 2.92. The van der Waals surface area contributed by atoms with Gasteiger partial charge in [-0.2, -0.15) is 5.10 Å². The summed E-state index contributed by atoms with van der Waals surface area (Å²) >= 11 is 6.39. The maximum Gasteiger partial charge on any atom is 0.331 e. The molecule has 7 heteroatoms. The van der Waals surface area contributed by atoms with Crippen molar-refractivity contribution in [1.29, 1.82) is 0 Å². The Bertz CT molecular complexity index is 828. The number of aryl methyl sites for hydroxylation is 1. The Labute approximate surface area is 164 Å². The largest absolute Gasteiger partial charge is 0.452 e. The standard InChI is InChI=1S/C20H24ClN3O3/c1-13(2)14(3)22-18(25)12-27-19(26)11-10-17-15(4)23-24(20(17)21)16-8-6-5-7-9-16/h5-11,13-14H,12H2,1-4H3,(H,22,25)/b11-10+/t14-/m0/s1. The molecule has 6 nitrogen and oxygen atoms in total. The first-order valence-electron chi connectivity index (χ1n) is 8.74. The first-order chi connectivity index (χ1) is 12.8. The molecular weight excluding hydrogens is 366 g/mol. The minimum Gasteiger partial charge on any atom is -0.452 e. The molecule has 144 valence electrons. The van der Waals surface area contributed by atoms with Crippen molar-refractivity contribution in [2.75, 3.05) is 6.61 Å². The predicted molar refractivity (Wildman–Crippen MR) is 106 cm³/mol. The van der Waals surface area contributed by atoms with E-state index in [-0.39, 0.29) is 18.6 Å². The number of hydrogen-bond donors (Lipinski definition) is 1. The summed E-state index contributed by atoms with van der Waals surface area (Å²) in [7, 11) is 0. The minimum absolute atomic E-state index is 0.0111. The fraction of sp³-hybridized carbons (Fsp3) is 0.350. The van der Waals surface area contributed by atoms with Gasteiger partial charge in [0.15, 0.2) is 6.61 Å². The number of halogens is 1. The topological polar surface area (TPSA) is 73.2 Å². The number of carbonyl (C=O) groups excluding carboxylic acids is 2. The smallest absolute Gasteiger partial charge is 0.331 e. The van der Waals surface area contributed by atoms with E-state index >= 15 is 0 Å². The number of para-hydroxylation sites is 1. The molecule has 0 saturated carbocycles. The van der Waals surface area contributed by atoms with Crippen LogP contribution in [0.1, 0.15) is 32.0 Å². The van der Waals surface area contributed by atoms with Gasteiger partial charge in [-0.1, -0.05) is 43.6 Å². The summed E-state index contributed by atoms with van der Waals surface area (Å²) in [5.41, 5.74) is 2.12. The number of aromatic nitrogens is 2. The molecule has 0 radical (unpaired) electrons. The fourth-order valence-electron chi connectivity index (χ4n) is 2.24. The van der Waals surface area contributed by atoms with E-state index in [4.69, 9.17) is 16.3 Å². The molecule has 2 aromatic rings. The normalized spacial score (nSPS) is 12.4. The molecule has 1 atom stereocenters. The highest BCUT2D eigenvalue weighted by Crippen LogP contribution is 2.24. The average molecular weight is 390 g/mol. The summed E-state index contributed by atoms with van der Waals surface area (Å²) in [5.74, 6) is -0.648. The number of esters is 1. The summed E-state index contributed by atoms with van der Waals surface area (Å²) < 4.78 is 6.57. The second-order valence-corrected chi connectivity index (χ2v) is 6.94. The number of ether oxygens (including phenoxy) is 1. The van der Waals surface area contributed by atoms with Crippen LogP contribution in [-0.4, -0.2) is 34.3 Å². The molecule has 0 spiro atoms. The lowest BCUT2D eigenvalue weighted by atomic mass is 10.1. The number of carbonyl (C=O) groups is 2. The zero-order valence-electron chi connectivity index (χ0n) is 15.9. The molecule has 1 N–H and O–H groups in total. The van der Waals surface area contributed by atoms with Crippen molar-refractivity contribution < 1.29 is 14.3 Å². The van der Waals surface area contributed by atoms with Gasteiger partial charge in [0, 0.05) is 17.7 Å². The van der Waals surface area contributed by atoms with Crippen molar-refractivity contribution in [3.8, 4) is 5.69 Å². The Morgan fingerprint density at radius 3 is 2.56 bits per heavy atom. The lowest BCUT2D eigenvalue weighted by Gasteiger charge is -2.16. The Morgan fingerprint density at radius 2 is 1.93 bits per heavy atom. The van der Waals surface area contributed by atoms with Gasteiger partial charge in [-0.05, 0) is 38.0 Å². The molecule has 0 unspecified atom stereocenters. The van der Waals surface area contributed by atoms with Gasteiger partial charge >= 0.3 is 5.97 Å². The van der Waals surface area contributed by atoms with E-state index in [0.29, 0.717) is 22.3 Å². The number of amides is 1. The third-order valence-corrected chi connectivity index (χ3v) is 4.53. The van der Waals surface area contributed by atoms with Crippen LogP contribution in [0.5, 0.6) is 0 Å². The summed E-state index contributed by atoms with van der Waals surface area (Å²) in [6.45, 7) is 7.38. The van der Waals surface area contributed by atoms with E-state index in [0.717, 1.165) is 5.69 Å². The number of benzene rings is 1. The van der Waals surface area contributed by atoms with Crippen LogP contribution in [0, 0.1) is 12.8 Å². The molecular formula is C20H24ClN3O3. The lowest BCUT2D eigenvalue weighted by Crippen LogP contribution is -2.38. The zero-order valence-corrected chi connectivity index (χ0v) is 16.7. The Morgan fingerprint density at radius 1 is 1.26 bits per heavy atom. The Kier molecular flexibility index (Phi) is 7.19. The summed E-state index contributed by atoms with van der Waals surface area (Å²) in [6, 6.07) is 9.47. The van der Waals surface area contributed by atoms with Crippen LogP contribution in [-0.2, 0) is 14.3 Å². The predicted octanol–water partition coefficient (Wildman–Crippen LogP) is 3.55. The number of hydrogen-bond acceptors (Lipinski definition) is 4. The molecule has 0 fully saturated rings. The van der Waals surface area contributed by atoms with Crippen molar-refractivity contribution in [3.05, 3.63) is 52.8 Å². The SMILES string of the molecule is Cc1nn(-c2ccccc2)c(Cl)c1/C=C/C(=O)OCC(=O)N[C@@H](C)C(C)C. The van der Waals surface area contributed by atoms with Crippen LogP contribution < -0.4 is 5.32 Å². The molecule has 0 aliphatic heterocycles. The highest BCUT2D eigenvalue weighted by molar-refractivity contribution is 6.31. The van der Waals surface area contributed by atoms with E-state index in [1.165, 1.54) is 6.08 Å². The third kappa shape index (κ3) is 5.69. The van der Waals surface area contributed by atoms with Crippen molar-refractivity contribution in [2.45, 2.75) is 33.7 Å². The van der Waals surface area contributed by atoms with Crippen LogP contribution in [0.3, 0.4) is 0 Å². The van der Waals surface area contributed by atoms with Gasteiger partial charge in [0.05, 0.1) is 11.4 Å². The van der Waals surface area contributed by atoms with Crippen LogP contribution in [0.15, 0.2) is 36.4 Å². The van der Waals surface area contributed by atoms with E-state index in [1.807, 2.05) is 51.1 Å². The van der Waals surface area contributed by atoms with Gasteiger partial charge in [-0.3, -0.25) is 4.79 Å². The van der Waals surface area contributed by atoms with E-state index in [9.17, 15) is 9.59 Å². The third-order valence-electron chi connectivity index (χ3n) is 4.17. The van der Waals surface area contributed by atoms with Crippen LogP contribution >= 0.6 is 11.6 Å². The highest BCUT2D eigenvalue weighted by atomic mass is 35.5. The van der Waals surface area contributed by atoms with Crippen molar-refractivity contribution in [3.63, 3.8) is 0 Å². The minimum atomic E-state index is -0.620. The summed E-state index contributed by atoms with van der Waals surface area (Å²) in [6.07, 6.45) is 2.78. The molecule has 1 heterocycles. The van der Waals surface area contributed by atoms with E-state index in [1.54, 1.807) is 17.7 Å². The second-order valence-electron chi connectivity index (χ2n) is 6.58. The number of rotatable bonds is 7. The molecule has 1 aromatic carbocycles. The number of nitrogens with one attached hydrogen (secondary N) is 1. The molecule has 0 aliphatic rings. The first-order valence-corrected chi connectivity index (χ1v) is 9.12. The zero-order chi connectivity index (χ0) is 20.0. The lowest BCUT2D eigenvalue weighted by molar-refractivity contribution is -0.144. The molecule has 0 bridgehead atoms. The van der Waals surface area contributed by atoms with Crippen molar-refractivity contribution in [2.24, 2.45) is 5.92 Å². The molecule has 27 heavy (non-hydrogen) atoms. The van der Waals surface area contributed by atoms with E-state index in [2.05, 4.69) is 10.4 Å². The maximum absolute atomic E-state index is 11.9. The fourth-order valence-corrected chi connectivity index (χ4v) is 2.57. The highest BCUT2D eigenvalue weighted by Gasteiger charge is 2.14. The van der Waals surface area contributed by atoms with Gasteiger partial charge in [0.1, 0.15) is 5.15 Å². The van der Waals surface area contributed by atoms with Crippen LogP contribution in [0.2, 0.25) is 5.15 Å².